The fourth-order valence-corrected chi connectivity index (χ4v) is 3.99. The predicted molar refractivity (Wildman–Crippen MR) is 106 cm³/mol. The van der Waals surface area contributed by atoms with Crippen LogP contribution in [0.2, 0.25) is 0 Å². The van der Waals surface area contributed by atoms with Gasteiger partial charge in [0.2, 0.25) is 0 Å². The molecule has 0 aliphatic carbocycles. The topological polar surface area (TPSA) is 57.6 Å². The number of carbonyl (C=O) groups excluding carboxylic acids is 1. The molecule has 1 saturated heterocycles. The van der Waals surface area contributed by atoms with Crippen molar-refractivity contribution in [3.8, 4) is 0 Å². The molecule has 0 radical (unpaired) electrons. The van der Waals surface area contributed by atoms with Gasteiger partial charge in [-0.25, -0.2) is 4.79 Å². The van der Waals surface area contributed by atoms with Crippen molar-refractivity contribution in [1.29, 1.82) is 0 Å². The van der Waals surface area contributed by atoms with Crippen LogP contribution in [0.25, 0.3) is 6.08 Å². The Labute approximate surface area is 157 Å². The predicted octanol–water partition coefficient (Wildman–Crippen LogP) is 4.33. The standard InChI is InChI=1S/C19H21NO3S2/c1-4-13(3)16(18(22)23)20-17(21)15(25-19(20)24)11-12(2)10-14-8-6-5-7-9-14/h5-11,13,16H,4H2,1-3H3,(H,22,23)/b12-10+,15-11-/t13-,16-/m1/s1. The molecule has 1 heterocycles. The first kappa shape index (κ1) is 19.4. The molecule has 1 aliphatic rings. The van der Waals surface area contributed by atoms with Gasteiger partial charge in [-0.15, -0.1) is 0 Å². The van der Waals surface area contributed by atoms with E-state index >= 15 is 0 Å². The summed E-state index contributed by atoms with van der Waals surface area (Å²) in [6.45, 7) is 5.63. The normalized spacial score (nSPS) is 19.4. The Morgan fingerprint density at radius 1 is 1.36 bits per heavy atom. The number of aliphatic carboxylic acids is 1. The summed E-state index contributed by atoms with van der Waals surface area (Å²) in [4.78, 5) is 26.1. The van der Waals surface area contributed by atoms with E-state index in [0.29, 0.717) is 15.6 Å². The number of nitrogens with zero attached hydrogens (tertiary/aromatic N) is 1. The number of hydrogen-bond donors (Lipinski definition) is 1. The van der Waals surface area contributed by atoms with Gasteiger partial charge in [0.1, 0.15) is 10.4 Å². The molecule has 1 fully saturated rings. The van der Waals surface area contributed by atoms with Crippen molar-refractivity contribution in [2.45, 2.75) is 33.2 Å². The molecule has 1 aromatic rings. The van der Waals surface area contributed by atoms with Crippen LogP contribution < -0.4 is 0 Å². The van der Waals surface area contributed by atoms with Gasteiger partial charge in [-0.2, -0.15) is 0 Å². The average molecular weight is 376 g/mol. The monoisotopic (exact) mass is 375 g/mol. The Bertz CT molecular complexity index is 740. The van der Waals surface area contributed by atoms with E-state index in [1.54, 1.807) is 6.08 Å². The van der Waals surface area contributed by atoms with E-state index in [1.807, 2.05) is 57.2 Å². The zero-order valence-electron chi connectivity index (χ0n) is 14.4. The third-order valence-electron chi connectivity index (χ3n) is 4.09. The van der Waals surface area contributed by atoms with Crippen LogP contribution in [0.4, 0.5) is 0 Å². The Kier molecular flexibility index (Phi) is 6.56. The van der Waals surface area contributed by atoms with Gasteiger partial charge in [0, 0.05) is 0 Å². The van der Waals surface area contributed by atoms with Crippen LogP contribution in [0.15, 0.2) is 46.9 Å². The van der Waals surface area contributed by atoms with Gasteiger partial charge < -0.3 is 5.11 Å². The summed E-state index contributed by atoms with van der Waals surface area (Å²) in [5.41, 5.74) is 1.94. The van der Waals surface area contributed by atoms with E-state index in [2.05, 4.69) is 0 Å². The number of amides is 1. The summed E-state index contributed by atoms with van der Waals surface area (Å²) in [6.07, 6.45) is 4.39. The van der Waals surface area contributed by atoms with Crippen molar-refractivity contribution in [3.05, 3.63) is 52.4 Å². The van der Waals surface area contributed by atoms with Crippen LogP contribution in [-0.2, 0) is 9.59 Å². The molecule has 1 N–H and O–H groups in total. The van der Waals surface area contributed by atoms with E-state index in [-0.39, 0.29) is 11.8 Å². The van der Waals surface area contributed by atoms with E-state index in [4.69, 9.17) is 12.2 Å². The number of hydrogen-bond acceptors (Lipinski definition) is 4. The molecule has 132 valence electrons. The zero-order valence-corrected chi connectivity index (χ0v) is 16.1. The Morgan fingerprint density at radius 2 is 2.00 bits per heavy atom. The number of carbonyl (C=O) groups is 2. The first-order chi connectivity index (χ1) is 11.8. The molecule has 2 atom stereocenters. The number of carboxylic acids is 1. The maximum Gasteiger partial charge on any atom is 0.327 e. The minimum absolute atomic E-state index is 0.180. The Hall–Kier alpha value is -1.92. The lowest BCUT2D eigenvalue weighted by Gasteiger charge is -2.27. The van der Waals surface area contributed by atoms with E-state index < -0.39 is 12.0 Å². The molecule has 0 spiro atoms. The molecule has 0 saturated carbocycles. The first-order valence-corrected chi connectivity index (χ1v) is 9.30. The van der Waals surface area contributed by atoms with Gasteiger partial charge >= 0.3 is 5.97 Å². The summed E-state index contributed by atoms with van der Waals surface area (Å²) in [6, 6.07) is 8.86. The maximum atomic E-state index is 12.7. The minimum Gasteiger partial charge on any atom is -0.480 e. The SMILES string of the molecule is CC[C@@H](C)[C@H](C(=O)O)N1C(=O)/C(=C/C(C)=C/c2ccccc2)SC1=S. The van der Waals surface area contributed by atoms with E-state index in [0.717, 1.165) is 22.9 Å². The van der Waals surface area contributed by atoms with Gasteiger partial charge in [-0.1, -0.05) is 80.7 Å². The largest absolute Gasteiger partial charge is 0.480 e. The third kappa shape index (κ3) is 4.58. The second kappa shape index (κ2) is 8.45. The van der Waals surface area contributed by atoms with Crippen molar-refractivity contribution in [3.63, 3.8) is 0 Å². The van der Waals surface area contributed by atoms with Crippen molar-refractivity contribution in [2.24, 2.45) is 5.92 Å². The highest BCUT2D eigenvalue weighted by atomic mass is 32.2. The molecule has 0 bridgehead atoms. The van der Waals surface area contributed by atoms with Crippen LogP contribution in [0.1, 0.15) is 32.8 Å². The minimum atomic E-state index is -1.02. The van der Waals surface area contributed by atoms with Gasteiger partial charge in [0.15, 0.2) is 0 Å². The van der Waals surface area contributed by atoms with Crippen molar-refractivity contribution in [1.82, 2.24) is 4.90 Å². The summed E-state index contributed by atoms with van der Waals surface area (Å²) in [5.74, 6) is -1.53. The van der Waals surface area contributed by atoms with Crippen LogP contribution in [0.5, 0.6) is 0 Å². The molecule has 0 unspecified atom stereocenters. The van der Waals surface area contributed by atoms with Crippen molar-refractivity contribution < 1.29 is 14.7 Å². The molecule has 1 amide bonds. The molecular formula is C19H21NO3S2. The van der Waals surface area contributed by atoms with Gasteiger partial charge in [0.05, 0.1) is 4.91 Å². The van der Waals surface area contributed by atoms with Crippen LogP contribution in [0, 0.1) is 5.92 Å². The number of thiocarbonyl (C=S) groups is 1. The van der Waals surface area contributed by atoms with Gasteiger partial charge in [0.25, 0.3) is 5.91 Å². The maximum absolute atomic E-state index is 12.7. The van der Waals surface area contributed by atoms with E-state index in [1.165, 1.54) is 4.90 Å². The van der Waals surface area contributed by atoms with Gasteiger partial charge in [-0.05, 0) is 30.1 Å². The quantitative estimate of drug-likeness (QED) is 0.592. The Balaban J connectivity index is 2.28. The summed E-state index contributed by atoms with van der Waals surface area (Å²) < 4.78 is 0.302. The summed E-state index contributed by atoms with van der Waals surface area (Å²) >= 11 is 6.44. The van der Waals surface area contributed by atoms with Crippen LogP contribution >= 0.6 is 24.0 Å². The zero-order chi connectivity index (χ0) is 18.6. The highest BCUT2D eigenvalue weighted by molar-refractivity contribution is 8.26. The number of benzene rings is 1. The molecule has 0 aromatic heterocycles. The third-order valence-corrected chi connectivity index (χ3v) is 5.42. The second-order valence-electron chi connectivity index (χ2n) is 6.02. The molecule has 1 aromatic carbocycles. The number of thioether (sulfide) groups is 1. The van der Waals surface area contributed by atoms with Crippen molar-refractivity contribution in [2.75, 3.05) is 0 Å². The van der Waals surface area contributed by atoms with Gasteiger partial charge in [-0.3, -0.25) is 9.69 Å². The van der Waals surface area contributed by atoms with Crippen LogP contribution in [-0.4, -0.2) is 32.2 Å². The highest BCUT2D eigenvalue weighted by Gasteiger charge is 2.42. The number of allylic oxidation sites excluding steroid dienone is 2. The molecule has 25 heavy (non-hydrogen) atoms. The molecule has 4 nitrogen and oxygen atoms in total. The van der Waals surface area contributed by atoms with E-state index in [9.17, 15) is 14.7 Å². The summed E-state index contributed by atoms with van der Waals surface area (Å²) in [7, 11) is 0. The fourth-order valence-electron chi connectivity index (χ4n) is 2.61. The fraction of sp³-hybridized carbons (Fsp3) is 0.316. The lowest BCUT2D eigenvalue weighted by atomic mass is 9.98. The Morgan fingerprint density at radius 3 is 2.56 bits per heavy atom. The summed E-state index contributed by atoms with van der Waals surface area (Å²) in [5, 5.41) is 9.54. The molecule has 1 aliphatic heterocycles. The number of rotatable bonds is 6. The molecule has 2 rings (SSSR count). The lowest BCUT2D eigenvalue weighted by molar-refractivity contribution is -0.147. The average Bonchev–Trinajstić information content (AvgIpc) is 2.83. The smallest absolute Gasteiger partial charge is 0.327 e. The lowest BCUT2D eigenvalue weighted by Crippen LogP contribution is -2.47. The molecule has 6 heteroatoms. The molecular weight excluding hydrogens is 354 g/mol. The van der Waals surface area contributed by atoms with Crippen LogP contribution in [0.3, 0.4) is 0 Å². The van der Waals surface area contributed by atoms with Crippen molar-refractivity contribution >= 4 is 46.3 Å². The highest BCUT2D eigenvalue weighted by Crippen LogP contribution is 2.35. The second-order valence-corrected chi connectivity index (χ2v) is 7.70. The first-order valence-electron chi connectivity index (χ1n) is 8.08. The number of carboxylic acid groups (broad SMARTS) is 1.